The molecule has 0 fully saturated rings. The molecule has 8 heteroatoms. The maximum absolute atomic E-state index is 11.8. The highest BCUT2D eigenvalue weighted by Gasteiger charge is 2.19. The van der Waals surface area contributed by atoms with Crippen LogP contribution in [-0.2, 0) is 23.3 Å². The van der Waals surface area contributed by atoms with Crippen LogP contribution in [0.3, 0.4) is 0 Å². The smallest absolute Gasteiger partial charge is 0.321 e. The van der Waals surface area contributed by atoms with Gasteiger partial charge in [-0.1, -0.05) is 20.8 Å². The van der Waals surface area contributed by atoms with Crippen molar-refractivity contribution in [3.8, 4) is 0 Å². The lowest BCUT2D eigenvalue weighted by Crippen LogP contribution is -2.28. The second-order valence-electron chi connectivity index (χ2n) is 5.75. The van der Waals surface area contributed by atoms with Crippen LogP contribution >= 0.6 is 11.3 Å². The minimum Gasteiger partial charge on any atom is -0.443 e. The molecule has 0 atom stereocenters. The molecule has 2 rings (SSSR count). The topological polar surface area (TPSA) is 89.3 Å². The van der Waals surface area contributed by atoms with Crippen LogP contribution in [0.5, 0.6) is 0 Å². The van der Waals surface area contributed by atoms with Crippen molar-refractivity contribution >= 4 is 22.5 Å². The van der Waals surface area contributed by atoms with Crippen molar-refractivity contribution in [3.05, 3.63) is 28.9 Å². The first-order valence-electron chi connectivity index (χ1n) is 6.82. The van der Waals surface area contributed by atoms with Gasteiger partial charge in [-0.25, -0.2) is 14.8 Å². The van der Waals surface area contributed by atoms with E-state index in [0.717, 1.165) is 11.5 Å². The summed E-state index contributed by atoms with van der Waals surface area (Å²) < 4.78 is 10.6. The lowest BCUT2D eigenvalue weighted by Gasteiger charge is -2.13. The Morgan fingerprint density at radius 2 is 2.23 bits per heavy atom. The van der Waals surface area contributed by atoms with Gasteiger partial charge in [-0.2, -0.15) is 0 Å². The number of carbonyl (C=O) groups excluding carboxylic acids is 1. The molecule has 0 spiro atoms. The molecule has 0 aliphatic heterocycles. The van der Waals surface area contributed by atoms with Gasteiger partial charge in [-0.15, -0.1) is 11.3 Å². The summed E-state index contributed by atoms with van der Waals surface area (Å²) >= 11 is 1.34. The Labute approximate surface area is 133 Å². The number of nitrogens with zero attached hydrogens (tertiary/aromatic N) is 2. The third-order valence-corrected chi connectivity index (χ3v) is 3.56. The summed E-state index contributed by atoms with van der Waals surface area (Å²) in [6, 6.07) is -0.353. The summed E-state index contributed by atoms with van der Waals surface area (Å²) in [5.74, 6) is 1.26. The standard InChI is InChI=1S/C14H20N4O3S/c1-14(2,3)10-5-15-11(21-10)6-16-12(19)18-13-17-9(7-20-4)8-22-13/h5,8H,6-7H2,1-4H3,(H2,16,17,18,19). The van der Waals surface area contributed by atoms with Crippen molar-refractivity contribution in [2.45, 2.75) is 39.3 Å². The molecule has 0 aromatic carbocycles. The number of rotatable bonds is 5. The molecule has 2 N–H and O–H groups in total. The van der Waals surface area contributed by atoms with Crippen molar-refractivity contribution in [1.82, 2.24) is 15.3 Å². The Morgan fingerprint density at radius 1 is 1.45 bits per heavy atom. The van der Waals surface area contributed by atoms with Gasteiger partial charge in [0, 0.05) is 17.9 Å². The van der Waals surface area contributed by atoms with E-state index in [-0.39, 0.29) is 18.0 Å². The summed E-state index contributed by atoms with van der Waals surface area (Å²) in [7, 11) is 1.60. The highest BCUT2D eigenvalue weighted by Crippen LogP contribution is 2.22. The maximum atomic E-state index is 11.8. The van der Waals surface area contributed by atoms with Gasteiger partial charge in [0.2, 0.25) is 5.89 Å². The second kappa shape index (κ2) is 6.89. The zero-order chi connectivity index (χ0) is 16.2. The van der Waals surface area contributed by atoms with Gasteiger partial charge in [0.25, 0.3) is 0 Å². The van der Waals surface area contributed by atoms with E-state index in [0.29, 0.717) is 17.6 Å². The van der Waals surface area contributed by atoms with Crippen LogP contribution in [0.15, 0.2) is 16.0 Å². The summed E-state index contributed by atoms with van der Waals surface area (Å²) in [5.41, 5.74) is 0.678. The molecular weight excluding hydrogens is 304 g/mol. The van der Waals surface area contributed by atoms with Gasteiger partial charge in [0.1, 0.15) is 5.76 Å². The average Bonchev–Trinajstić information content (AvgIpc) is 3.05. The van der Waals surface area contributed by atoms with Gasteiger partial charge < -0.3 is 14.5 Å². The molecule has 0 aliphatic carbocycles. The molecule has 120 valence electrons. The number of thiazole rings is 1. The summed E-state index contributed by atoms with van der Waals surface area (Å²) in [5, 5.41) is 7.70. The highest BCUT2D eigenvalue weighted by atomic mass is 32.1. The number of urea groups is 1. The van der Waals surface area contributed by atoms with E-state index >= 15 is 0 Å². The molecule has 2 amide bonds. The predicted octanol–water partition coefficient (Wildman–Crippen LogP) is 2.90. The van der Waals surface area contributed by atoms with Crippen molar-refractivity contribution in [1.29, 1.82) is 0 Å². The normalized spacial score (nSPS) is 11.5. The van der Waals surface area contributed by atoms with Crippen LogP contribution in [0, 0.1) is 0 Å². The number of nitrogens with one attached hydrogen (secondary N) is 2. The largest absolute Gasteiger partial charge is 0.443 e. The van der Waals surface area contributed by atoms with E-state index < -0.39 is 0 Å². The molecule has 2 heterocycles. The van der Waals surface area contributed by atoms with Gasteiger partial charge in [0.05, 0.1) is 25.0 Å². The zero-order valence-electron chi connectivity index (χ0n) is 13.1. The molecule has 0 unspecified atom stereocenters. The monoisotopic (exact) mass is 324 g/mol. The van der Waals surface area contributed by atoms with Crippen LogP contribution in [-0.4, -0.2) is 23.1 Å². The SMILES string of the molecule is COCc1csc(NC(=O)NCc2ncc(C(C)(C)C)o2)n1. The van der Waals surface area contributed by atoms with Gasteiger partial charge in [-0.3, -0.25) is 5.32 Å². The molecule has 0 saturated carbocycles. The number of methoxy groups -OCH3 is 1. The fourth-order valence-corrected chi connectivity index (χ4v) is 2.30. The lowest BCUT2D eigenvalue weighted by molar-refractivity contribution is 0.182. The van der Waals surface area contributed by atoms with Crippen molar-refractivity contribution in [2.24, 2.45) is 0 Å². The average molecular weight is 324 g/mol. The zero-order valence-corrected chi connectivity index (χ0v) is 13.9. The maximum Gasteiger partial charge on any atom is 0.321 e. The van der Waals surface area contributed by atoms with Crippen molar-refractivity contribution in [3.63, 3.8) is 0 Å². The molecule has 0 saturated heterocycles. The first kappa shape index (κ1) is 16.4. The Kier molecular flexibility index (Phi) is 5.15. The number of hydrogen-bond acceptors (Lipinski definition) is 6. The first-order valence-corrected chi connectivity index (χ1v) is 7.70. The third kappa shape index (κ3) is 4.54. The number of hydrogen-bond donors (Lipinski definition) is 2. The molecule has 2 aromatic heterocycles. The molecule has 0 bridgehead atoms. The molecular formula is C14H20N4O3S. The van der Waals surface area contributed by atoms with E-state index in [2.05, 4.69) is 20.6 Å². The van der Waals surface area contributed by atoms with Crippen LogP contribution < -0.4 is 10.6 Å². The number of carbonyl (C=O) groups is 1. The summed E-state index contributed by atoms with van der Waals surface area (Å²) in [6.07, 6.45) is 1.69. The summed E-state index contributed by atoms with van der Waals surface area (Å²) in [6.45, 7) is 6.76. The van der Waals surface area contributed by atoms with Gasteiger partial charge >= 0.3 is 6.03 Å². The van der Waals surface area contributed by atoms with Crippen molar-refractivity contribution < 1.29 is 13.9 Å². The first-order chi connectivity index (χ1) is 10.4. The minimum absolute atomic E-state index is 0.105. The van der Waals surface area contributed by atoms with E-state index in [1.165, 1.54) is 11.3 Å². The highest BCUT2D eigenvalue weighted by molar-refractivity contribution is 7.13. The third-order valence-electron chi connectivity index (χ3n) is 2.76. The number of aromatic nitrogens is 2. The van der Waals surface area contributed by atoms with Crippen LogP contribution in [0.4, 0.5) is 9.93 Å². The quantitative estimate of drug-likeness (QED) is 0.882. The molecule has 0 aliphatic rings. The van der Waals surface area contributed by atoms with Crippen LogP contribution in [0.25, 0.3) is 0 Å². The number of ether oxygens (including phenoxy) is 1. The Balaban J connectivity index is 1.83. The Hall–Kier alpha value is -1.93. The predicted molar refractivity (Wildman–Crippen MR) is 83.9 cm³/mol. The van der Waals surface area contributed by atoms with Gasteiger partial charge in [0.15, 0.2) is 5.13 Å². The van der Waals surface area contributed by atoms with E-state index in [4.69, 9.17) is 9.15 Å². The Bertz CT molecular complexity index is 630. The fraction of sp³-hybridized carbons (Fsp3) is 0.500. The van der Waals surface area contributed by atoms with Crippen LogP contribution in [0.2, 0.25) is 0 Å². The second-order valence-corrected chi connectivity index (χ2v) is 6.61. The molecule has 7 nitrogen and oxygen atoms in total. The number of amides is 2. The fourth-order valence-electron chi connectivity index (χ4n) is 1.61. The van der Waals surface area contributed by atoms with Crippen LogP contribution in [0.1, 0.15) is 38.1 Å². The van der Waals surface area contributed by atoms with E-state index in [9.17, 15) is 4.79 Å². The van der Waals surface area contributed by atoms with E-state index in [1.807, 2.05) is 26.2 Å². The van der Waals surface area contributed by atoms with E-state index in [1.54, 1.807) is 13.3 Å². The molecule has 2 aromatic rings. The minimum atomic E-state index is -0.353. The number of oxazole rings is 1. The molecule has 22 heavy (non-hydrogen) atoms. The van der Waals surface area contributed by atoms with Gasteiger partial charge in [-0.05, 0) is 0 Å². The Morgan fingerprint density at radius 3 is 2.86 bits per heavy atom. The molecule has 0 radical (unpaired) electrons. The summed E-state index contributed by atoms with van der Waals surface area (Å²) in [4.78, 5) is 20.2. The van der Waals surface area contributed by atoms with Crippen molar-refractivity contribution in [2.75, 3.05) is 12.4 Å². The number of anilines is 1. The lowest BCUT2D eigenvalue weighted by atomic mass is 9.94.